The maximum Gasteiger partial charge on any atom is 0.254 e. The number of nitrogens with zero attached hydrogens (tertiary/aromatic N) is 2. The van der Waals surface area contributed by atoms with Gasteiger partial charge in [-0.2, -0.15) is 5.10 Å². The van der Waals surface area contributed by atoms with Gasteiger partial charge < -0.3 is 10.6 Å². The molecule has 0 aliphatic heterocycles. The van der Waals surface area contributed by atoms with Crippen molar-refractivity contribution in [2.45, 2.75) is 26.7 Å². The van der Waals surface area contributed by atoms with Crippen LogP contribution in [-0.2, 0) is 0 Å². The third kappa shape index (κ3) is 5.59. The summed E-state index contributed by atoms with van der Waals surface area (Å²) in [5, 5.41) is 14.8. The Morgan fingerprint density at radius 3 is 2.80 bits per heavy atom. The summed E-state index contributed by atoms with van der Waals surface area (Å²) < 4.78 is 0. The molecule has 2 aromatic carbocycles. The van der Waals surface area contributed by atoms with Crippen LogP contribution in [0.2, 0.25) is 0 Å². The van der Waals surface area contributed by atoms with Gasteiger partial charge in [-0.15, -0.1) is 0 Å². The summed E-state index contributed by atoms with van der Waals surface area (Å²) >= 11 is 0. The Balaban J connectivity index is 1.31. The highest BCUT2D eigenvalue weighted by molar-refractivity contribution is 6.01. The number of amides is 1. The summed E-state index contributed by atoms with van der Waals surface area (Å²) in [6.07, 6.45) is 6.30. The minimum Gasteiger partial charge on any atom is -0.355 e. The normalized spacial score (nSPS) is 13.0. The first-order valence-corrected chi connectivity index (χ1v) is 11.8. The molecule has 0 bridgehead atoms. The molecule has 2 aromatic heterocycles. The zero-order valence-corrected chi connectivity index (χ0v) is 19.9. The second-order valence-corrected chi connectivity index (χ2v) is 8.86. The summed E-state index contributed by atoms with van der Waals surface area (Å²) in [4.78, 5) is 17.3. The van der Waals surface area contributed by atoms with E-state index in [2.05, 4.69) is 50.6 Å². The summed E-state index contributed by atoms with van der Waals surface area (Å²) in [7, 11) is 0. The number of benzene rings is 2. The second-order valence-electron chi connectivity index (χ2n) is 8.86. The lowest BCUT2D eigenvalue weighted by Gasteiger charge is -2.11. The number of aromatic amines is 1. The van der Waals surface area contributed by atoms with Crippen LogP contribution in [0.5, 0.6) is 0 Å². The van der Waals surface area contributed by atoms with E-state index in [-0.39, 0.29) is 5.91 Å². The van der Waals surface area contributed by atoms with E-state index in [0.29, 0.717) is 18.0 Å². The van der Waals surface area contributed by atoms with Crippen molar-refractivity contribution in [2.75, 3.05) is 11.9 Å². The van der Waals surface area contributed by atoms with Crippen LogP contribution in [0.4, 0.5) is 11.4 Å². The summed E-state index contributed by atoms with van der Waals surface area (Å²) in [6, 6.07) is 17.6. The maximum absolute atomic E-state index is 12.7. The Morgan fingerprint density at radius 1 is 1.11 bits per heavy atom. The van der Waals surface area contributed by atoms with Crippen LogP contribution in [0.1, 0.15) is 45.8 Å². The van der Waals surface area contributed by atoms with Crippen molar-refractivity contribution in [1.82, 2.24) is 20.5 Å². The van der Waals surface area contributed by atoms with Crippen LogP contribution in [0.15, 0.2) is 54.6 Å². The van der Waals surface area contributed by atoms with Crippen LogP contribution >= 0.6 is 0 Å². The van der Waals surface area contributed by atoms with E-state index in [4.69, 9.17) is 0 Å². The number of nitrogens with one attached hydrogen (secondary N) is 3. The van der Waals surface area contributed by atoms with Crippen LogP contribution in [-0.4, -0.2) is 27.6 Å². The van der Waals surface area contributed by atoms with E-state index < -0.39 is 0 Å². The number of anilines is 2. The fraction of sp³-hybridized carbons (Fsp3) is 0.207. The summed E-state index contributed by atoms with van der Waals surface area (Å²) in [5.74, 6) is 6.59. The predicted octanol–water partition coefficient (Wildman–Crippen LogP) is 5.63. The van der Waals surface area contributed by atoms with Crippen molar-refractivity contribution < 1.29 is 4.79 Å². The molecule has 5 rings (SSSR count). The molecular weight excluding hydrogens is 434 g/mol. The van der Waals surface area contributed by atoms with E-state index >= 15 is 0 Å². The first kappa shape index (κ1) is 22.4. The van der Waals surface area contributed by atoms with Gasteiger partial charge in [-0.1, -0.05) is 24.0 Å². The molecule has 0 saturated heterocycles. The number of aryl methyl sites for hydroxylation is 2. The van der Waals surface area contributed by atoms with Gasteiger partial charge in [0, 0.05) is 22.7 Å². The van der Waals surface area contributed by atoms with Crippen molar-refractivity contribution in [2.24, 2.45) is 5.92 Å². The molecule has 6 nitrogen and oxygen atoms in total. The molecule has 1 aliphatic rings. The van der Waals surface area contributed by atoms with Crippen LogP contribution in [0.3, 0.4) is 0 Å². The first-order valence-electron chi connectivity index (χ1n) is 11.8. The van der Waals surface area contributed by atoms with E-state index in [1.54, 1.807) is 0 Å². The Kier molecular flexibility index (Phi) is 6.32. The van der Waals surface area contributed by atoms with Crippen molar-refractivity contribution in [1.29, 1.82) is 0 Å². The van der Waals surface area contributed by atoms with Gasteiger partial charge in [0.05, 0.1) is 34.7 Å². The fourth-order valence-corrected chi connectivity index (χ4v) is 3.96. The maximum atomic E-state index is 12.7. The molecule has 1 aliphatic carbocycles. The molecule has 0 unspecified atom stereocenters. The van der Waals surface area contributed by atoms with Crippen molar-refractivity contribution in [3.8, 4) is 11.8 Å². The van der Waals surface area contributed by atoms with E-state index in [0.717, 1.165) is 39.4 Å². The molecule has 0 atom stereocenters. The molecule has 4 aromatic rings. The average Bonchev–Trinajstić information content (AvgIpc) is 3.58. The first-order chi connectivity index (χ1) is 17.0. The standard InChI is InChI=1S/C29H27N5O/c1-19-16-20(2)31-22(17-19)12-14-27-24-13-11-23(18-28(24)34-33-27)32-26-8-4-3-7-25(26)29(35)30-15-5-6-21-9-10-21/h3-4,7-8,11-14,16-18,21,32H,9-10,15H2,1-2H3,(H,30,35)(H,33,34). The molecule has 1 saturated carbocycles. The predicted molar refractivity (Wildman–Crippen MR) is 141 cm³/mol. The monoisotopic (exact) mass is 461 g/mol. The van der Waals surface area contributed by atoms with Gasteiger partial charge in [-0.05, 0) is 86.9 Å². The van der Waals surface area contributed by atoms with Gasteiger partial charge in [0.25, 0.3) is 5.91 Å². The van der Waals surface area contributed by atoms with Crippen LogP contribution in [0, 0.1) is 31.6 Å². The molecular formula is C29H27N5O. The van der Waals surface area contributed by atoms with E-state index in [9.17, 15) is 4.79 Å². The quantitative estimate of drug-likeness (QED) is 0.325. The molecule has 3 N–H and O–H groups in total. The molecule has 35 heavy (non-hydrogen) atoms. The Hall–Kier alpha value is -4.37. The average molecular weight is 462 g/mol. The zero-order chi connectivity index (χ0) is 24.2. The smallest absolute Gasteiger partial charge is 0.254 e. The van der Waals surface area contributed by atoms with E-state index in [1.165, 1.54) is 18.4 Å². The molecule has 2 heterocycles. The summed E-state index contributed by atoms with van der Waals surface area (Å²) in [5.41, 5.74) is 7.01. The number of pyridine rings is 1. The Morgan fingerprint density at radius 2 is 1.97 bits per heavy atom. The van der Waals surface area contributed by atoms with Gasteiger partial charge in [-0.25, -0.2) is 0 Å². The number of carbonyl (C=O) groups excluding carboxylic acids is 1. The molecule has 1 fully saturated rings. The minimum atomic E-state index is -0.145. The Labute approximate surface area is 204 Å². The lowest BCUT2D eigenvalue weighted by Crippen LogP contribution is -2.24. The number of hydrogen-bond donors (Lipinski definition) is 3. The zero-order valence-electron chi connectivity index (χ0n) is 19.9. The number of hydrogen-bond acceptors (Lipinski definition) is 4. The molecule has 174 valence electrons. The van der Waals surface area contributed by atoms with E-state index in [1.807, 2.05) is 67.6 Å². The van der Waals surface area contributed by atoms with Crippen molar-refractivity contribution >= 4 is 40.3 Å². The summed E-state index contributed by atoms with van der Waals surface area (Å²) in [6.45, 7) is 4.42. The van der Waals surface area contributed by atoms with Gasteiger partial charge in [0.15, 0.2) is 0 Å². The fourth-order valence-electron chi connectivity index (χ4n) is 3.96. The highest BCUT2D eigenvalue weighted by Gasteiger charge is 2.17. The highest BCUT2D eigenvalue weighted by Crippen LogP contribution is 2.27. The molecule has 0 radical (unpaired) electrons. The van der Waals surface area contributed by atoms with Gasteiger partial charge >= 0.3 is 0 Å². The Bertz CT molecular complexity index is 1460. The molecule has 1 amide bonds. The number of carbonyl (C=O) groups is 1. The van der Waals surface area contributed by atoms with Gasteiger partial charge in [-0.3, -0.25) is 14.9 Å². The van der Waals surface area contributed by atoms with Gasteiger partial charge in [0.2, 0.25) is 0 Å². The third-order valence-corrected chi connectivity index (χ3v) is 5.79. The number of aromatic nitrogens is 3. The minimum absolute atomic E-state index is 0.145. The number of fused-ring (bicyclic) bond motifs is 1. The lowest BCUT2D eigenvalue weighted by molar-refractivity contribution is 0.0959. The highest BCUT2D eigenvalue weighted by atomic mass is 16.1. The molecule has 0 spiro atoms. The lowest BCUT2D eigenvalue weighted by atomic mass is 10.1. The van der Waals surface area contributed by atoms with Gasteiger partial charge in [0.1, 0.15) is 0 Å². The topological polar surface area (TPSA) is 82.7 Å². The third-order valence-electron chi connectivity index (χ3n) is 5.79. The van der Waals surface area contributed by atoms with Crippen molar-refractivity contribution in [3.63, 3.8) is 0 Å². The number of H-pyrrole nitrogens is 1. The molecule has 6 heteroatoms. The SMILES string of the molecule is Cc1cc(C)nc(C=Cc2n[nH]c3cc(Nc4ccccc4C(=O)NCC#CC4CC4)ccc23)c1. The van der Waals surface area contributed by atoms with Crippen LogP contribution < -0.4 is 10.6 Å². The largest absolute Gasteiger partial charge is 0.355 e. The van der Waals surface area contributed by atoms with Crippen molar-refractivity contribution in [3.05, 3.63) is 82.8 Å². The van der Waals surface area contributed by atoms with Crippen LogP contribution in [0.25, 0.3) is 23.1 Å². The second kappa shape index (κ2) is 9.86. The number of rotatable bonds is 6. The number of para-hydroxylation sites is 1.